The fraction of sp³-hybridized carbons (Fsp3) is 0.364. The fourth-order valence-electron chi connectivity index (χ4n) is 1.54. The lowest BCUT2D eigenvalue weighted by atomic mass is 10.3. The number of aryl methyl sites for hydroxylation is 1. The van der Waals surface area contributed by atoms with Crippen LogP contribution in [0.5, 0.6) is 0 Å². The standard InChI is InChI=1S/C11H13ClFN5/c1-2-5-18-11(15-16-17-18)7-14-10-4-3-8(12)6-9(10)13/h3-4,6,14H,2,5,7H2,1H3. The Morgan fingerprint density at radius 2 is 2.28 bits per heavy atom. The predicted molar refractivity (Wildman–Crippen MR) is 66.8 cm³/mol. The van der Waals surface area contributed by atoms with Gasteiger partial charge in [-0.25, -0.2) is 9.07 Å². The third-order valence-corrected chi connectivity index (χ3v) is 2.64. The Hall–Kier alpha value is -1.69. The minimum Gasteiger partial charge on any atom is -0.375 e. The Labute approximate surface area is 109 Å². The highest BCUT2D eigenvalue weighted by Gasteiger charge is 2.07. The summed E-state index contributed by atoms with van der Waals surface area (Å²) in [5, 5.41) is 14.7. The van der Waals surface area contributed by atoms with Gasteiger partial charge in [-0.05, 0) is 35.0 Å². The molecule has 18 heavy (non-hydrogen) atoms. The third kappa shape index (κ3) is 2.95. The van der Waals surface area contributed by atoms with E-state index in [1.54, 1.807) is 16.8 Å². The van der Waals surface area contributed by atoms with E-state index in [0.29, 0.717) is 23.1 Å². The van der Waals surface area contributed by atoms with Crippen LogP contribution in [-0.2, 0) is 13.1 Å². The van der Waals surface area contributed by atoms with Gasteiger partial charge in [-0.15, -0.1) is 5.10 Å². The molecule has 1 aromatic heterocycles. The van der Waals surface area contributed by atoms with E-state index < -0.39 is 5.82 Å². The monoisotopic (exact) mass is 269 g/mol. The Balaban J connectivity index is 2.04. The van der Waals surface area contributed by atoms with Crippen molar-refractivity contribution in [2.24, 2.45) is 0 Å². The van der Waals surface area contributed by atoms with Crippen LogP contribution in [0.2, 0.25) is 5.02 Å². The lowest BCUT2D eigenvalue weighted by Gasteiger charge is -2.07. The van der Waals surface area contributed by atoms with E-state index in [0.717, 1.165) is 13.0 Å². The number of tetrazole rings is 1. The molecule has 2 aromatic rings. The molecule has 7 heteroatoms. The van der Waals surface area contributed by atoms with Gasteiger partial charge in [0, 0.05) is 11.6 Å². The smallest absolute Gasteiger partial charge is 0.170 e. The van der Waals surface area contributed by atoms with E-state index in [2.05, 4.69) is 20.8 Å². The van der Waals surface area contributed by atoms with Gasteiger partial charge >= 0.3 is 0 Å². The van der Waals surface area contributed by atoms with Gasteiger partial charge in [0.25, 0.3) is 0 Å². The van der Waals surface area contributed by atoms with Crippen molar-refractivity contribution in [2.75, 3.05) is 5.32 Å². The molecule has 2 rings (SSSR count). The third-order valence-electron chi connectivity index (χ3n) is 2.41. The van der Waals surface area contributed by atoms with Crippen LogP contribution in [0.25, 0.3) is 0 Å². The normalized spacial score (nSPS) is 10.6. The number of halogens is 2. The van der Waals surface area contributed by atoms with Crippen molar-refractivity contribution in [3.8, 4) is 0 Å². The van der Waals surface area contributed by atoms with Crippen LogP contribution in [0.15, 0.2) is 18.2 Å². The second-order valence-electron chi connectivity index (χ2n) is 3.80. The van der Waals surface area contributed by atoms with Crippen LogP contribution >= 0.6 is 11.6 Å². The Morgan fingerprint density at radius 1 is 1.44 bits per heavy atom. The summed E-state index contributed by atoms with van der Waals surface area (Å²) in [6, 6.07) is 4.48. The van der Waals surface area contributed by atoms with Gasteiger partial charge in [0.2, 0.25) is 0 Å². The number of nitrogens with one attached hydrogen (secondary N) is 1. The number of anilines is 1. The summed E-state index contributed by atoms with van der Waals surface area (Å²) < 4.78 is 15.2. The molecule has 1 heterocycles. The number of rotatable bonds is 5. The van der Waals surface area contributed by atoms with E-state index in [1.165, 1.54) is 6.07 Å². The molecule has 0 unspecified atom stereocenters. The van der Waals surface area contributed by atoms with Crippen molar-refractivity contribution in [2.45, 2.75) is 26.4 Å². The first-order valence-electron chi connectivity index (χ1n) is 5.64. The van der Waals surface area contributed by atoms with Gasteiger partial charge < -0.3 is 5.32 Å². The van der Waals surface area contributed by atoms with Crippen molar-refractivity contribution in [1.82, 2.24) is 20.2 Å². The van der Waals surface area contributed by atoms with Crippen LogP contribution in [0.1, 0.15) is 19.2 Å². The quantitative estimate of drug-likeness (QED) is 0.906. The van der Waals surface area contributed by atoms with E-state index in [9.17, 15) is 4.39 Å². The molecule has 0 radical (unpaired) electrons. The summed E-state index contributed by atoms with van der Waals surface area (Å²) >= 11 is 5.68. The maximum atomic E-state index is 13.5. The van der Waals surface area contributed by atoms with Gasteiger partial charge in [0.15, 0.2) is 5.82 Å². The molecule has 0 amide bonds. The summed E-state index contributed by atoms with van der Waals surface area (Å²) in [4.78, 5) is 0. The lowest BCUT2D eigenvalue weighted by molar-refractivity contribution is 0.558. The van der Waals surface area contributed by atoms with Gasteiger partial charge in [-0.2, -0.15) is 0 Å². The maximum absolute atomic E-state index is 13.5. The Kier molecular flexibility index (Phi) is 4.09. The molecule has 0 atom stereocenters. The number of benzene rings is 1. The molecular weight excluding hydrogens is 257 g/mol. The summed E-state index contributed by atoms with van der Waals surface area (Å²) in [6.45, 7) is 3.15. The first kappa shape index (κ1) is 12.8. The van der Waals surface area contributed by atoms with Gasteiger partial charge in [0.1, 0.15) is 5.82 Å². The van der Waals surface area contributed by atoms with E-state index in [1.807, 2.05) is 6.92 Å². The highest BCUT2D eigenvalue weighted by molar-refractivity contribution is 6.30. The zero-order valence-electron chi connectivity index (χ0n) is 9.90. The summed E-state index contributed by atoms with van der Waals surface area (Å²) in [5.41, 5.74) is 0.380. The van der Waals surface area contributed by atoms with Crippen molar-refractivity contribution >= 4 is 17.3 Å². The SMILES string of the molecule is CCCn1nnnc1CNc1ccc(Cl)cc1F. The second kappa shape index (κ2) is 5.77. The van der Waals surface area contributed by atoms with E-state index in [-0.39, 0.29) is 0 Å². The average Bonchev–Trinajstić information content (AvgIpc) is 2.76. The number of nitrogens with zero attached hydrogens (tertiary/aromatic N) is 4. The van der Waals surface area contributed by atoms with Crippen molar-refractivity contribution in [3.63, 3.8) is 0 Å². The minimum absolute atomic E-state index is 0.367. The molecular formula is C11H13ClFN5. The number of hydrogen-bond donors (Lipinski definition) is 1. The molecule has 0 aliphatic heterocycles. The predicted octanol–water partition coefficient (Wildman–Crippen LogP) is 2.49. The highest BCUT2D eigenvalue weighted by Crippen LogP contribution is 2.19. The van der Waals surface area contributed by atoms with Gasteiger partial charge in [-0.1, -0.05) is 18.5 Å². The number of hydrogen-bond acceptors (Lipinski definition) is 4. The fourth-order valence-corrected chi connectivity index (χ4v) is 1.70. The Morgan fingerprint density at radius 3 is 3.00 bits per heavy atom. The molecule has 5 nitrogen and oxygen atoms in total. The van der Waals surface area contributed by atoms with Crippen LogP contribution in [0.3, 0.4) is 0 Å². The summed E-state index contributed by atoms with van der Waals surface area (Å²) in [5.74, 6) is 0.281. The van der Waals surface area contributed by atoms with Crippen LogP contribution in [0.4, 0.5) is 10.1 Å². The topological polar surface area (TPSA) is 55.6 Å². The van der Waals surface area contributed by atoms with Crippen LogP contribution < -0.4 is 5.32 Å². The van der Waals surface area contributed by atoms with Gasteiger partial charge in [0.05, 0.1) is 12.2 Å². The largest absolute Gasteiger partial charge is 0.375 e. The molecule has 0 saturated carbocycles. The van der Waals surface area contributed by atoms with Gasteiger partial charge in [-0.3, -0.25) is 0 Å². The zero-order valence-corrected chi connectivity index (χ0v) is 10.7. The molecule has 1 aromatic carbocycles. The molecule has 0 aliphatic carbocycles. The van der Waals surface area contributed by atoms with Crippen molar-refractivity contribution in [3.05, 3.63) is 34.9 Å². The maximum Gasteiger partial charge on any atom is 0.170 e. The van der Waals surface area contributed by atoms with E-state index >= 15 is 0 Å². The summed E-state index contributed by atoms with van der Waals surface area (Å²) in [6.07, 6.45) is 0.938. The second-order valence-corrected chi connectivity index (χ2v) is 4.23. The molecule has 0 fully saturated rings. The van der Waals surface area contributed by atoms with E-state index in [4.69, 9.17) is 11.6 Å². The van der Waals surface area contributed by atoms with Crippen LogP contribution in [-0.4, -0.2) is 20.2 Å². The van der Waals surface area contributed by atoms with Crippen molar-refractivity contribution < 1.29 is 4.39 Å². The lowest BCUT2D eigenvalue weighted by Crippen LogP contribution is -2.10. The van der Waals surface area contributed by atoms with Crippen molar-refractivity contribution in [1.29, 1.82) is 0 Å². The average molecular weight is 270 g/mol. The highest BCUT2D eigenvalue weighted by atomic mass is 35.5. The first-order valence-corrected chi connectivity index (χ1v) is 6.02. The number of aromatic nitrogens is 4. The molecule has 0 spiro atoms. The zero-order chi connectivity index (χ0) is 13.0. The Bertz CT molecular complexity index is 528. The molecule has 1 N–H and O–H groups in total. The molecule has 0 saturated heterocycles. The van der Waals surface area contributed by atoms with Crippen LogP contribution in [0, 0.1) is 5.82 Å². The minimum atomic E-state index is -0.392. The summed E-state index contributed by atoms with van der Waals surface area (Å²) in [7, 11) is 0. The molecule has 0 bridgehead atoms. The first-order chi connectivity index (χ1) is 8.70. The molecule has 96 valence electrons. The molecule has 0 aliphatic rings.